The van der Waals surface area contributed by atoms with Crippen molar-refractivity contribution in [3.63, 3.8) is 0 Å². The van der Waals surface area contributed by atoms with E-state index in [1.54, 1.807) is 6.92 Å². The molecule has 2 N–H and O–H groups in total. The Hall–Kier alpha value is -0.980. The molecule has 0 fully saturated rings. The second-order valence-electron chi connectivity index (χ2n) is 3.53. The number of sulfonamides is 1. The molecule has 1 aromatic carbocycles. The minimum Gasteiger partial charge on any atom is -0.329 e. The number of aryl methyl sites for hydroxylation is 1. The Labute approximate surface area is 94.9 Å². The Balaban J connectivity index is 3.12. The summed E-state index contributed by atoms with van der Waals surface area (Å²) in [4.78, 5) is -0.0495. The molecule has 0 atom stereocenters. The van der Waals surface area contributed by atoms with Crippen LogP contribution >= 0.6 is 0 Å². The molecule has 0 aliphatic heterocycles. The van der Waals surface area contributed by atoms with E-state index < -0.39 is 15.8 Å². The van der Waals surface area contributed by atoms with Gasteiger partial charge in [0.2, 0.25) is 10.0 Å². The smallest absolute Gasteiger partial charge is 0.242 e. The van der Waals surface area contributed by atoms with Gasteiger partial charge in [-0.3, -0.25) is 0 Å². The van der Waals surface area contributed by atoms with Crippen LogP contribution in [0.5, 0.6) is 0 Å². The molecule has 0 spiro atoms. The Morgan fingerprint density at radius 1 is 1.44 bits per heavy atom. The van der Waals surface area contributed by atoms with Crippen LogP contribution in [0.15, 0.2) is 23.1 Å². The van der Waals surface area contributed by atoms with E-state index >= 15 is 0 Å². The molecule has 0 bridgehead atoms. The van der Waals surface area contributed by atoms with Crippen molar-refractivity contribution in [1.29, 1.82) is 0 Å². The monoisotopic (exact) mass is 246 g/mol. The van der Waals surface area contributed by atoms with Crippen molar-refractivity contribution >= 4 is 10.0 Å². The van der Waals surface area contributed by atoms with E-state index in [1.165, 1.54) is 19.2 Å². The largest absolute Gasteiger partial charge is 0.329 e. The van der Waals surface area contributed by atoms with Crippen molar-refractivity contribution in [2.24, 2.45) is 5.73 Å². The highest BCUT2D eigenvalue weighted by atomic mass is 32.2. The molecule has 0 saturated carbocycles. The fourth-order valence-corrected chi connectivity index (χ4v) is 2.41. The second kappa shape index (κ2) is 4.90. The van der Waals surface area contributed by atoms with Gasteiger partial charge in [0, 0.05) is 20.1 Å². The number of nitrogens with two attached hydrogens (primary N) is 1. The number of likely N-dealkylation sites (N-methyl/N-ethyl adjacent to an activating group) is 1. The fourth-order valence-electron chi connectivity index (χ4n) is 1.22. The minimum absolute atomic E-state index is 0.0495. The number of rotatable bonds is 4. The number of halogens is 1. The first-order chi connectivity index (χ1) is 7.39. The van der Waals surface area contributed by atoms with E-state index in [0.717, 1.165) is 10.4 Å². The molecule has 1 rings (SSSR count). The molecule has 0 amide bonds. The molecule has 90 valence electrons. The summed E-state index contributed by atoms with van der Waals surface area (Å²) in [5.41, 5.74) is 5.70. The summed E-state index contributed by atoms with van der Waals surface area (Å²) in [7, 11) is -2.21. The summed E-state index contributed by atoms with van der Waals surface area (Å²) >= 11 is 0. The summed E-state index contributed by atoms with van der Waals surface area (Å²) < 4.78 is 38.1. The lowest BCUT2D eigenvalue weighted by Gasteiger charge is -2.16. The van der Waals surface area contributed by atoms with Crippen molar-refractivity contribution in [1.82, 2.24) is 4.31 Å². The minimum atomic E-state index is -3.63. The van der Waals surface area contributed by atoms with Gasteiger partial charge >= 0.3 is 0 Å². The average molecular weight is 246 g/mol. The molecule has 0 unspecified atom stereocenters. The topological polar surface area (TPSA) is 63.4 Å². The normalized spacial score (nSPS) is 12.1. The van der Waals surface area contributed by atoms with E-state index in [0.29, 0.717) is 5.56 Å². The highest BCUT2D eigenvalue weighted by Crippen LogP contribution is 2.17. The van der Waals surface area contributed by atoms with E-state index in [9.17, 15) is 12.8 Å². The van der Waals surface area contributed by atoms with Crippen LogP contribution < -0.4 is 5.73 Å². The maximum absolute atomic E-state index is 13.3. The van der Waals surface area contributed by atoms with Gasteiger partial charge in [0.05, 0.1) is 4.90 Å². The van der Waals surface area contributed by atoms with Gasteiger partial charge in [-0.05, 0) is 24.6 Å². The first kappa shape index (κ1) is 13.1. The van der Waals surface area contributed by atoms with Crippen LogP contribution in [0.3, 0.4) is 0 Å². The number of hydrogen-bond acceptors (Lipinski definition) is 3. The van der Waals surface area contributed by atoms with Gasteiger partial charge in [0.1, 0.15) is 5.82 Å². The third kappa shape index (κ3) is 2.58. The third-order valence-electron chi connectivity index (χ3n) is 2.30. The Morgan fingerprint density at radius 2 is 2.06 bits per heavy atom. The molecule has 0 aromatic heterocycles. The van der Waals surface area contributed by atoms with Gasteiger partial charge in [0.25, 0.3) is 0 Å². The highest BCUT2D eigenvalue weighted by Gasteiger charge is 2.20. The summed E-state index contributed by atoms with van der Waals surface area (Å²) in [5.74, 6) is -0.526. The Bertz CT molecular complexity index is 474. The van der Waals surface area contributed by atoms with Crippen LogP contribution in [0.1, 0.15) is 5.56 Å². The predicted molar refractivity (Wildman–Crippen MR) is 60.0 cm³/mol. The van der Waals surface area contributed by atoms with Crippen molar-refractivity contribution < 1.29 is 12.8 Å². The average Bonchev–Trinajstić information content (AvgIpc) is 2.22. The van der Waals surface area contributed by atoms with Crippen molar-refractivity contribution in [3.05, 3.63) is 29.6 Å². The van der Waals surface area contributed by atoms with Gasteiger partial charge in [-0.15, -0.1) is 0 Å². The zero-order chi connectivity index (χ0) is 12.3. The van der Waals surface area contributed by atoms with Crippen LogP contribution in [-0.4, -0.2) is 32.9 Å². The number of nitrogens with zero attached hydrogens (tertiary/aromatic N) is 1. The molecule has 1 aromatic rings. The molecule has 4 nitrogen and oxygen atoms in total. The van der Waals surface area contributed by atoms with Crippen molar-refractivity contribution in [3.8, 4) is 0 Å². The Kier molecular flexibility index (Phi) is 4.01. The van der Waals surface area contributed by atoms with Crippen molar-refractivity contribution in [2.45, 2.75) is 11.8 Å². The van der Waals surface area contributed by atoms with Crippen molar-refractivity contribution in [2.75, 3.05) is 20.1 Å². The lowest BCUT2D eigenvalue weighted by Crippen LogP contribution is -2.31. The van der Waals surface area contributed by atoms with Crippen LogP contribution in [0.25, 0.3) is 0 Å². The molecule has 0 radical (unpaired) electrons. The van der Waals surface area contributed by atoms with Gasteiger partial charge in [-0.1, -0.05) is 6.07 Å². The van der Waals surface area contributed by atoms with Crippen LogP contribution in [-0.2, 0) is 10.0 Å². The molecular formula is C10H15FN2O2S. The van der Waals surface area contributed by atoms with Crippen LogP contribution in [0, 0.1) is 12.7 Å². The lowest BCUT2D eigenvalue weighted by molar-refractivity contribution is 0.475. The first-order valence-corrected chi connectivity index (χ1v) is 6.26. The summed E-state index contributed by atoms with van der Waals surface area (Å²) in [6.07, 6.45) is 0. The van der Waals surface area contributed by atoms with Crippen LogP contribution in [0.2, 0.25) is 0 Å². The molecule has 0 aliphatic carbocycles. The summed E-state index contributed by atoms with van der Waals surface area (Å²) in [6, 6.07) is 3.86. The zero-order valence-corrected chi connectivity index (χ0v) is 10.1. The molecule has 0 aliphatic rings. The van der Waals surface area contributed by atoms with Crippen LogP contribution in [0.4, 0.5) is 4.39 Å². The Morgan fingerprint density at radius 3 is 2.56 bits per heavy atom. The first-order valence-electron chi connectivity index (χ1n) is 4.82. The number of benzene rings is 1. The van der Waals surface area contributed by atoms with E-state index in [-0.39, 0.29) is 18.0 Å². The van der Waals surface area contributed by atoms with Gasteiger partial charge in [0.15, 0.2) is 0 Å². The maximum Gasteiger partial charge on any atom is 0.242 e. The fraction of sp³-hybridized carbons (Fsp3) is 0.400. The van der Waals surface area contributed by atoms with Gasteiger partial charge in [-0.25, -0.2) is 12.8 Å². The molecule has 6 heteroatoms. The zero-order valence-electron chi connectivity index (χ0n) is 9.27. The second-order valence-corrected chi connectivity index (χ2v) is 5.57. The van der Waals surface area contributed by atoms with Gasteiger partial charge in [-0.2, -0.15) is 4.31 Å². The molecule has 16 heavy (non-hydrogen) atoms. The summed E-state index contributed by atoms with van der Waals surface area (Å²) in [6.45, 7) is 2.01. The van der Waals surface area contributed by atoms with E-state index in [1.807, 2.05) is 0 Å². The quantitative estimate of drug-likeness (QED) is 0.851. The lowest BCUT2D eigenvalue weighted by atomic mass is 10.2. The standard InChI is InChI=1S/C10H15FN2O2S/c1-8-3-4-9(7-10(8)11)16(14,15)13(2)6-5-12/h3-4,7H,5-6,12H2,1-2H3. The molecular weight excluding hydrogens is 231 g/mol. The third-order valence-corrected chi connectivity index (χ3v) is 4.15. The predicted octanol–water partition coefficient (Wildman–Crippen LogP) is 0.713. The highest BCUT2D eigenvalue weighted by molar-refractivity contribution is 7.89. The maximum atomic E-state index is 13.3. The van der Waals surface area contributed by atoms with E-state index in [2.05, 4.69) is 0 Å². The number of hydrogen-bond donors (Lipinski definition) is 1. The molecule has 0 heterocycles. The molecule has 0 saturated heterocycles. The summed E-state index contributed by atoms with van der Waals surface area (Å²) in [5, 5.41) is 0. The van der Waals surface area contributed by atoms with E-state index in [4.69, 9.17) is 5.73 Å². The van der Waals surface area contributed by atoms with Gasteiger partial charge < -0.3 is 5.73 Å². The SMILES string of the molecule is Cc1ccc(S(=O)(=O)N(C)CCN)cc1F.